The molecule has 7 heteroatoms. The number of nitrogens with one attached hydrogen (secondary N) is 2. The van der Waals surface area contributed by atoms with Crippen molar-refractivity contribution in [3.63, 3.8) is 0 Å². The molecule has 0 spiro atoms. The quantitative estimate of drug-likeness (QED) is 0.639. The molecule has 1 aromatic rings. The van der Waals surface area contributed by atoms with E-state index in [1.165, 1.54) is 0 Å². The molecule has 7 nitrogen and oxygen atoms in total. The van der Waals surface area contributed by atoms with E-state index in [0.29, 0.717) is 17.8 Å². The van der Waals surface area contributed by atoms with Gasteiger partial charge in [-0.2, -0.15) is 15.0 Å². The summed E-state index contributed by atoms with van der Waals surface area (Å²) >= 11 is 0. The second-order valence-electron chi connectivity index (χ2n) is 5.18. The first-order valence-corrected chi connectivity index (χ1v) is 7.65. The number of aromatic nitrogens is 3. The lowest BCUT2D eigenvalue weighted by molar-refractivity contribution is 0.218. The van der Waals surface area contributed by atoms with Crippen LogP contribution in [-0.2, 0) is 0 Å². The smallest absolute Gasteiger partial charge is 0.231 e. The van der Waals surface area contributed by atoms with Crippen LogP contribution in [0.3, 0.4) is 0 Å². The first kappa shape index (κ1) is 17.4. The van der Waals surface area contributed by atoms with E-state index in [2.05, 4.69) is 44.3 Å². The maximum absolute atomic E-state index is 9.53. The SMILES string of the molecule is CCNc1nc(NC(C)(CC)CO)nc(N(CC)CC)n1. The number of aliphatic hydroxyl groups excluding tert-OH is 1. The molecule has 0 aliphatic carbocycles. The first-order chi connectivity index (χ1) is 10.0. The van der Waals surface area contributed by atoms with Crippen LogP contribution >= 0.6 is 0 Å². The molecule has 0 saturated carbocycles. The number of hydrogen-bond donors (Lipinski definition) is 3. The topological polar surface area (TPSA) is 86.2 Å². The summed E-state index contributed by atoms with van der Waals surface area (Å²) < 4.78 is 0. The molecule has 1 rings (SSSR count). The summed E-state index contributed by atoms with van der Waals surface area (Å²) in [5.41, 5.74) is -0.439. The molecule has 1 unspecified atom stereocenters. The highest BCUT2D eigenvalue weighted by Gasteiger charge is 2.23. The van der Waals surface area contributed by atoms with Crippen molar-refractivity contribution in [2.24, 2.45) is 0 Å². The Hall–Kier alpha value is -1.63. The maximum Gasteiger partial charge on any atom is 0.231 e. The summed E-state index contributed by atoms with van der Waals surface area (Å²) in [6.45, 7) is 12.5. The lowest BCUT2D eigenvalue weighted by Crippen LogP contribution is -2.39. The van der Waals surface area contributed by atoms with Crippen molar-refractivity contribution in [1.29, 1.82) is 0 Å². The molecule has 1 aromatic heterocycles. The van der Waals surface area contributed by atoms with Crippen LogP contribution in [0.5, 0.6) is 0 Å². The molecule has 3 N–H and O–H groups in total. The summed E-state index contributed by atoms with van der Waals surface area (Å²) in [4.78, 5) is 15.4. The van der Waals surface area contributed by atoms with E-state index < -0.39 is 5.54 Å². The summed E-state index contributed by atoms with van der Waals surface area (Å²) in [6.07, 6.45) is 0.770. The number of nitrogens with zero attached hydrogens (tertiary/aromatic N) is 4. The minimum Gasteiger partial charge on any atom is -0.394 e. The van der Waals surface area contributed by atoms with Crippen LogP contribution in [-0.4, -0.2) is 51.8 Å². The molecular weight excluding hydrogens is 268 g/mol. The van der Waals surface area contributed by atoms with Gasteiger partial charge in [0.2, 0.25) is 17.8 Å². The second kappa shape index (κ2) is 7.97. The molecule has 0 aromatic carbocycles. The molecule has 0 bridgehead atoms. The Morgan fingerprint density at radius 3 is 2.14 bits per heavy atom. The fraction of sp³-hybridized carbons (Fsp3) is 0.786. The Morgan fingerprint density at radius 1 is 1.05 bits per heavy atom. The zero-order valence-electron chi connectivity index (χ0n) is 13.8. The van der Waals surface area contributed by atoms with Gasteiger partial charge in [0, 0.05) is 19.6 Å². The Morgan fingerprint density at radius 2 is 1.67 bits per heavy atom. The minimum absolute atomic E-state index is 0.0202. The normalized spacial score (nSPS) is 13.6. The molecule has 0 radical (unpaired) electrons. The third-order valence-electron chi connectivity index (χ3n) is 3.55. The highest BCUT2D eigenvalue weighted by Crippen LogP contribution is 2.18. The van der Waals surface area contributed by atoms with Crippen molar-refractivity contribution in [2.45, 2.75) is 46.6 Å². The highest BCUT2D eigenvalue weighted by atomic mass is 16.3. The molecular formula is C14H28N6O. The molecule has 1 heterocycles. The zero-order valence-corrected chi connectivity index (χ0v) is 13.8. The van der Waals surface area contributed by atoms with Crippen molar-refractivity contribution in [1.82, 2.24) is 15.0 Å². The van der Waals surface area contributed by atoms with Gasteiger partial charge in [0.25, 0.3) is 0 Å². The van der Waals surface area contributed by atoms with Crippen LogP contribution in [0.25, 0.3) is 0 Å². The van der Waals surface area contributed by atoms with E-state index in [9.17, 15) is 5.11 Å². The van der Waals surface area contributed by atoms with Crippen molar-refractivity contribution < 1.29 is 5.11 Å². The third kappa shape index (κ3) is 4.70. The predicted octanol–water partition coefficient (Wildman–Crippen LogP) is 1.72. The van der Waals surface area contributed by atoms with E-state index in [4.69, 9.17) is 0 Å². The number of aliphatic hydroxyl groups is 1. The summed E-state index contributed by atoms with van der Waals surface area (Å²) in [5, 5.41) is 15.9. The monoisotopic (exact) mass is 296 g/mol. The van der Waals surface area contributed by atoms with Crippen LogP contribution in [0, 0.1) is 0 Å². The average molecular weight is 296 g/mol. The fourth-order valence-corrected chi connectivity index (χ4v) is 1.82. The maximum atomic E-state index is 9.53. The second-order valence-corrected chi connectivity index (χ2v) is 5.18. The number of rotatable bonds is 9. The van der Waals surface area contributed by atoms with Gasteiger partial charge in [0.05, 0.1) is 12.1 Å². The van der Waals surface area contributed by atoms with Crippen molar-refractivity contribution >= 4 is 17.8 Å². The average Bonchev–Trinajstić information content (AvgIpc) is 2.48. The number of anilines is 3. The van der Waals surface area contributed by atoms with Gasteiger partial charge in [-0.25, -0.2) is 0 Å². The Labute approximate surface area is 127 Å². The van der Waals surface area contributed by atoms with Crippen LogP contribution < -0.4 is 15.5 Å². The molecule has 0 amide bonds. The largest absolute Gasteiger partial charge is 0.394 e. The van der Waals surface area contributed by atoms with Gasteiger partial charge in [-0.05, 0) is 34.1 Å². The minimum atomic E-state index is -0.439. The summed E-state index contributed by atoms with van der Waals surface area (Å²) in [6, 6.07) is 0. The first-order valence-electron chi connectivity index (χ1n) is 7.65. The van der Waals surface area contributed by atoms with E-state index >= 15 is 0 Å². The summed E-state index contributed by atoms with van der Waals surface area (Å²) in [7, 11) is 0. The molecule has 1 atom stereocenters. The van der Waals surface area contributed by atoms with Gasteiger partial charge in [0.1, 0.15) is 0 Å². The highest BCUT2D eigenvalue weighted by molar-refractivity contribution is 5.44. The summed E-state index contributed by atoms with van der Waals surface area (Å²) in [5.74, 6) is 1.68. The fourth-order valence-electron chi connectivity index (χ4n) is 1.82. The van der Waals surface area contributed by atoms with E-state index in [-0.39, 0.29) is 6.61 Å². The van der Waals surface area contributed by atoms with Crippen molar-refractivity contribution in [2.75, 3.05) is 41.8 Å². The predicted molar refractivity (Wildman–Crippen MR) is 87.0 cm³/mol. The zero-order chi connectivity index (χ0) is 15.9. The molecule has 120 valence electrons. The van der Waals surface area contributed by atoms with Crippen molar-refractivity contribution in [3.8, 4) is 0 Å². The lowest BCUT2D eigenvalue weighted by Gasteiger charge is -2.28. The van der Waals surface area contributed by atoms with Gasteiger partial charge in [0.15, 0.2) is 0 Å². The van der Waals surface area contributed by atoms with Crippen LogP contribution in [0.1, 0.15) is 41.0 Å². The van der Waals surface area contributed by atoms with Gasteiger partial charge >= 0.3 is 0 Å². The molecule has 0 aliphatic rings. The van der Waals surface area contributed by atoms with Gasteiger partial charge in [-0.3, -0.25) is 0 Å². The third-order valence-corrected chi connectivity index (χ3v) is 3.55. The van der Waals surface area contributed by atoms with Crippen LogP contribution in [0.2, 0.25) is 0 Å². The van der Waals surface area contributed by atoms with E-state index in [1.807, 2.05) is 20.8 Å². The van der Waals surface area contributed by atoms with Gasteiger partial charge < -0.3 is 20.6 Å². The molecule has 21 heavy (non-hydrogen) atoms. The standard InChI is InChI=1S/C14H28N6O/c1-6-14(5,10-21)19-12-16-11(15-7-2)17-13(18-12)20(8-3)9-4/h21H,6-10H2,1-5H3,(H2,15,16,17,18,19). The molecule has 0 aliphatic heterocycles. The van der Waals surface area contributed by atoms with E-state index in [1.54, 1.807) is 0 Å². The van der Waals surface area contributed by atoms with Gasteiger partial charge in [-0.15, -0.1) is 0 Å². The van der Waals surface area contributed by atoms with Crippen LogP contribution in [0.15, 0.2) is 0 Å². The Bertz CT molecular complexity index is 431. The number of hydrogen-bond acceptors (Lipinski definition) is 7. The van der Waals surface area contributed by atoms with Crippen molar-refractivity contribution in [3.05, 3.63) is 0 Å². The molecule has 0 fully saturated rings. The lowest BCUT2D eigenvalue weighted by atomic mass is 10.0. The Kier molecular flexibility index (Phi) is 6.61. The molecule has 0 saturated heterocycles. The Balaban J connectivity index is 3.12. The van der Waals surface area contributed by atoms with E-state index in [0.717, 1.165) is 26.1 Å². The van der Waals surface area contributed by atoms with Crippen LogP contribution in [0.4, 0.5) is 17.8 Å². The van der Waals surface area contributed by atoms with Gasteiger partial charge in [-0.1, -0.05) is 6.92 Å².